The van der Waals surface area contributed by atoms with Gasteiger partial charge in [-0.25, -0.2) is 13.1 Å². The van der Waals surface area contributed by atoms with E-state index in [1.165, 1.54) is 45.0 Å². The van der Waals surface area contributed by atoms with Gasteiger partial charge in [-0.1, -0.05) is 26.0 Å². The fraction of sp³-hybridized carbons (Fsp3) is 0.700. The van der Waals surface area contributed by atoms with Gasteiger partial charge >= 0.3 is 0 Å². The van der Waals surface area contributed by atoms with Crippen LogP contribution in [0.25, 0.3) is 0 Å². The lowest BCUT2D eigenvalue weighted by Gasteiger charge is -2.34. The van der Waals surface area contributed by atoms with Crippen molar-refractivity contribution in [3.05, 3.63) is 29.8 Å². The van der Waals surface area contributed by atoms with Gasteiger partial charge < -0.3 is 0 Å². The van der Waals surface area contributed by atoms with Crippen LogP contribution in [0.4, 0.5) is 0 Å². The summed E-state index contributed by atoms with van der Waals surface area (Å²) >= 11 is 0. The third kappa shape index (κ3) is 5.06. The summed E-state index contributed by atoms with van der Waals surface area (Å²) in [5.74, 6) is 1.59. The van der Waals surface area contributed by atoms with Gasteiger partial charge in [0, 0.05) is 25.7 Å². The summed E-state index contributed by atoms with van der Waals surface area (Å²) in [7, 11) is -1.91. The molecule has 2 fully saturated rings. The van der Waals surface area contributed by atoms with Crippen molar-refractivity contribution in [1.82, 2.24) is 14.5 Å². The topological polar surface area (TPSA) is 52.7 Å². The van der Waals surface area contributed by atoms with Gasteiger partial charge in [0.15, 0.2) is 0 Å². The summed E-state index contributed by atoms with van der Waals surface area (Å²) < 4.78 is 26.1. The molecule has 1 aromatic rings. The van der Waals surface area contributed by atoms with Gasteiger partial charge in [0.2, 0.25) is 10.0 Å². The number of nitrogens with one attached hydrogen (secondary N) is 1. The number of benzene rings is 1. The molecule has 1 aliphatic carbocycles. The van der Waals surface area contributed by atoms with Crippen LogP contribution in [-0.4, -0.2) is 57.5 Å². The van der Waals surface area contributed by atoms with Crippen molar-refractivity contribution in [3.63, 3.8) is 0 Å². The quantitative estimate of drug-likeness (QED) is 0.791. The number of rotatable bonds is 7. The predicted octanol–water partition coefficient (Wildman–Crippen LogP) is 2.54. The standard InChI is InChI=1S/C20H33N3O2S/c1-16(2)20-15-22(11-4-12-23(20)14-18-5-6-18)13-17-7-9-19(10-8-17)26(24,25)21-3/h7-10,16,18,20-21H,4-6,11-15H2,1-3H3/t20-/m1/s1. The van der Waals surface area contributed by atoms with E-state index < -0.39 is 10.0 Å². The van der Waals surface area contributed by atoms with Gasteiger partial charge in [-0.15, -0.1) is 0 Å². The predicted molar refractivity (Wildman–Crippen MR) is 106 cm³/mol. The average Bonchev–Trinajstić information content (AvgIpc) is 3.44. The van der Waals surface area contributed by atoms with Gasteiger partial charge in [0.25, 0.3) is 0 Å². The Morgan fingerprint density at radius 2 is 1.85 bits per heavy atom. The van der Waals surface area contributed by atoms with E-state index in [0.29, 0.717) is 16.9 Å². The highest BCUT2D eigenvalue weighted by Gasteiger charge is 2.32. The van der Waals surface area contributed by atoms with Crippen LogP contribution in [-0.2, 0) is 16.6 Å². The molecule has 6 heteroatoms. The van der Waals surface area contributed by atoms with Crippen LogP contribution in [0.2, 0.25) is 0 Å². The maximum atomic E-state index is 11.9. The highest BCUT2D eigenvalue weighted by molar-refractivity contribution is 7.89. The minimum Gasteiger partial charge on any atom is -0.299 e. The summed E-state index contributed by atoms with van der Waals surface area (Å²) in [5, 5.41) is 0. The first-order valence-electron chi connectivity index (χ1n) is 9.88. The Balaban J connectivity index is 1.65. The summed E-state index contributed by atoms with van der Waals surface area (Å²) in [6, 6.07) is 7.92. The third-order valence-electron chi connectivity index (χ3n) is 5.70. The van der Waals surface area contributed by atoms with E-state index in [-0.39, 0.29) is 0 Å². The van der Waals surface area contributed by atoms with E-state index in [4.69, 9.17) is 0 Å². The van der Waals surface area contributed by atoms with Gasteiger partial charge in [-0.2, -0.15) is 0 Å². The Kier molecular flexibility index (Phi) is 6.38. The van der Waals surface area contributed by atoms with Crippen LogP contribution in [0.5, 0.6) is 0 Å². The lowest BCUT2D eigenvalue weighted by molar-refractivity contribution is 0.132. The normalized spacial score (nSPS) is 23.3. The number of nitrogens with zero attached hydrogens (tertiary/aromatic N) is 2. The second kappa shape index (κ2) is 8.38. The largest absolute Gasteiger partial charge is 0.299 e. The smallest absolute Gasteiger partial charge is 0.240 e. The van der Waals surface area contributed by atoms with Crippen LogP contribution in [0.3, 0.4) is 0 Å². The number of hydrogen-bond donors (Lipinski definition) is 1. The first-order valence-corrected chi connectivity index (χ1v) is 11.4. The maximum Gasteiger partial charge on any atom is 0.240 e. The molecule has 1 saturated carbocycles. The maximum absolute atomic E-state index is 11.9. The number of sulfonamides is 1. The van der Waals surface area contributed by atoms with Gasteiger partial charge in [-0.05, 0) is 68.9 Å². The Hall–Kier alpha value is -0.950. The van der Waals surface area contributed by atoms with Crippen molar-refractivity contribution in [3.8, 4) is 0 Å². The lowest BCUT2D eigenvalue weighted by Crippen LogP contribution is -2.45. The van der Waals surface area contributed by atoms with E-state index in [1.807, 2.05) is 12.1 Å². The first-order chi connectivity index (χ1) is 12.4. The van der Waals surface area contributed by atoms with E-state index in [1.54, 1.807) is 12.1 Å². The lowest BCUT2D eigenvalue weighted by atomic mass is 10.0. The molecular formula is C20H33N3O2S. The van der Waals surface area contributed by atoms with Crippen molar-refractivity contribution in [2.75, 3.05) is 33.2 Å². The van der Waals surface area contributed by atoms with Gasteiger partial charge in [0.05, 0.1) is 4.90 Å². The van der Waals surface area contributed by atoms with Crippen LogP contribution in [0.1, 0.15) is 38.7 Å². The molecule has 1 aromatic carbocycles. The van der Waals surface area contributed by atoms with Crippen LogP contribution in [0.15, 0.2) is 29.2 Å². The zero-order valence-corrected chi connectivity index (χ0v) is 17.1. The van der Waals surface area contributed by atoms with E-state index >= 15 is 0 Å². The molecule has 0 unspecified atom stereocenters. The van der Waals surface area contributed by atoms with E-state index in [9.17, 15) is 8.42 Å². The zero-order valence-electron chi connectivity index (χ0n) is 16.3. The van der Waals surface area contributed by atoms with Crippen molar-refractivity contribution in [2.24, 2.45) is 11.8 Å². The molecule has 3 rings (SSSR count). The highest BCUT2D eigenvalue weighted by Crippen LogP contribution is 2.32. The molecule has 146 valence electrons. The van der Waals surface area contributed by atoms with Crippen molar-refractivity contribution < 1.29 is 8.42 Å². The zero-order chi connectivity index (χ0) is 18.7. The molecule has 1 aliphatic heterocycles. The fourth-order valence-corrected chi connectivity index (χ4v) is 4.65. The van der Waals surface area contributed by atoms with Crippen LogP contribution >= 0.6 is 0 Å². The molecule has 1 atom stereocenters. The van der Waals surface area contributed by atoms with E-state index in [0.717, 1.165) is 25.6 Å². The third-order valence-corrected chi connectivity index (χ3v) is 7.13. The Morgan fingerprint density at radius 1 is 1.15 bits per heavy atom. The molecular weight excluding hydrogens is 346 g/mol. The Bertz CT molecular complexity index is 684. The van der Waals surface area contributed by atoms with Crippen LogP contribution in [0, 0.1) is 11.8 Å². The van der Waals surface area contributed by atoms with Crippen molar-refractivity contribution in [1.29, 1.82) is 0 Å². The monoisotopic (exact) mass is 379 g/mol. The molecule has 26 heavy (non-hydrogen) atoms. The molecule has 0 amide bonds. The molecule has 1 N–H and O–H groups in total. The Labute approximate surface area is 158 Å². The first kappa shape index (κ1) is 19.8. The molecule has 5 nitrogen and oxygen atoms in total. The fourth-order valence-electron chi connectivity index (χ4n) is 3.92. The summed E-state index contributed by atoms with van der Waals surface area (Å²) in [6.45, 7) is 10.3. The molecule has 1 heterocycles. The summed E-state index contributed by atoms with van der Waals surface area (Å²) in [6.07, 6.45) is 4.03. The Morgan fingerprint density at radius 3 is 2.42 bits per heavy atom. The molecule has 1 saturated heterocycles. The molecule has 0 bridgehead atoms. The van der Waals surface area contributed by atoms with Crippen molar-refractivity contribution >= 4 is 10.0 Å². The van der Waals surface area contributed by atoms with Crippen molar-refractivity contribution in [2.45, 2.75) is 50.6 Å². The SMILES string of the molecule is CNS(=O)(=O)c1ccc(CN2CCCN(CC3CC3)[C@@H](C(C)C)C2)cc1. The highest BCUT2D eigenvalue weighted by atomic mass is 32.2. The number of hydrogen-bond acceptors (Lipinski definition) is 4. The molecule has 2 aliphatic rings. The van der Waals surface area contributed by atoms with Crippen LogP contribution < -0.4 is 4.72 Å². The second-order valence-electron chi connectivity index (χ2n) is 8.19. The van der Waals surface area contributed by atoms with Gasteiger partial charge in [0.1, 0.15) is 0 Å². The molecule has 0 aromatic heterocycles. The summed E-state index contributed by atoms with van der Waals surface area (Å²) in [4.78, 5) is 5.60. The van der Waals surface area contributed by atoms with E-state index in [2.05, 4.69) is 28.4 Å². The minimum atomic E-state index is -3.36. The second-order valence-corrected chi connectivity index (χ2v) is 10.1. The average molecular weight is 380 g/mol. The van der Waals surface area contributed by atoms with Gasteiger partial charge in [-0.3, -0.25) is 9.80 Å². The molecule has 0 radical (unpaired) electrons. The summed E-state index contributed by atoms with van der Waals surface area (Å²) in [5.41, 5.74) is 1.18. The molecule has 0 spiro atoms. The minimum absolute atomic E-state index is 0.329.